The molecule has 0 aromatic carbocycles. The van der Waals surface area contributed by atoms with Crippen molar-refractivity contribution in [3.63, 3.8) is 0 Å². The summed E-state index contributed by atoms with van der Waals surface area (Å²) in [5, 5.41) is 4.32. The van der Waals surface area contributed by atoms with E-state index in [1.807, 2.05) is 25.4 Å². The number of nitrogens with two attached hydrogens (primary N) is 1. The van der Waals surface area contributed by atoms with Gasteiger partial charge in [-0.1, -0.05) is 13.8 Å². The van der Waals surface area contributed by atoms with E-state index in [-0.39, 0.29) is 30.8 Å². The van der Waals surface area contributed by atoms with Crippen LogP contribution in [0.25, 0.3) is 0 Å². The van der Waals surface area contributed by atoms with Crippen LogP contribution in [-0.4, -0.2) is 29.0 Å². The Bertz CT molecular complexity index is 495. The number of nitrogens with zero attached hydrogens (tertiary/aromatic N) is 2. The molecular weight excluding hydrogens is 288 g/mol. The van der Waals surface area contributed by atoms with Gasteiger partial charge in [0.25, 0.3) is 5.91 Å². The first-order chi connectivity index (χ1) is 8.41. The van der Waals surface area contributed by atoms with Crippen LogP contribution in [0.4, 0.5) is 0 Å². The molecule has 0 saturated heterocycles. The van der Waals surface area contributed by atoms with Gasteiger partial charge in [-0.3, -0.25) is 9.59 Å². The van der Waals surface area contributed by atoms with Crippen molar-refractivity contribution in [2.24, 2.45) is 23.7 Å². The number of hydrogen-bond donors (Lipinski definition) is 2. The van der Waals surface area contributed by atoms with Gasteiger partial charge < -0.3 is 15.6 Å². The second kappa shape index (κ2) is 8.08. The van der Waals surface area contributed by atoms with Crippen LogP contribution in [0.15, 0.2) is 16.6 Å². The van der Waals surface area contributed by atoms with Gasteiger partial charge in [0.1, 0.15) is 0 Å². The van der Waals surface area contributed by atoms with Gasteiger partial charge >= 0.3 is 0 Å². The SMILES string of the molecule is CC(C)[C@H](N)C(=O)NCC(=O)N=c1sccn1C.Cl. The predicted octanol–water partition coefficient (Wildman–Crippen LogP) is 0.0352. The minimum absolute atomic E-state index is 0. The minimum Gasteiger partial charge on any atom is -0.346 e. The lowest BCUT2D eigenvalue weighted by Gasteiger charge is -2.14. The number of thiazole rings is 1. The van der Waals surface area contributed by atoms with Crippen LogP contribution in [0, 0.1) is 5.92 Å². The van der Waals surface area contributed by atoms with Crippen molar-refractivity contribution in [3.05, 3.63) is 16.4 Å². The summed E-state index contributed by atoms with van der Waals surface area (Å²) in [6.07, 6.45) is 1.81. The van der Waals surface area contributed by atoms with Crippen molar-refractivity contribution in [1.29, 1.82) is 0 Å². The number of hydrogen-bond acceptors (Lipinski definition) is 4. The Morgan fingerprint density at radius 3 is 2.63 bits per heavy atom. The van der Waals surface area contributed by atoms with E-state index in [4.69, 9.17) is 5.73 Å². The highest BCUT2D eigenvalue weighted by Gasteiger charge is 2.17. The number of aryl methyl sites for hydroxylation is 1. The van der Waals surface area contributed by atoms with E-state index in [2.05, 4.69) is 10.3 Å². The Labute approximate surface area is 122 Å². The van der Waals surface area contributed by atoms with Crippen molar-refractivity contribution in [1.82, 2.24) is 9.88 Å². The van der Waals surface area contributed by atoms with Crippen molar-refractivity contribution < 1.29 is 9.59 Å². The Hall–Kier alpha value is -1.18. The Kier molecular flexibility index (Phi) is 7.58. The summed E-state index contributed by atoms with van der Waals surface area (Å²) in [7, 11) is 1.80. The smallest absolute Gasteiger partial charge is 0.267 e. The zero-order valence-electron chi connectivity index (χ0n) is 11.1. The maximum Gasteiger partial charge on any atom is 0.267 e. The Morgan fingerprint density at radius 1 is 1.53 bits per heavy atom. The normalized spacial score (nSPS) is 13.0. The summed E-state index contributed by atoms with van der Waals surface area (Å²) in [6.45, 7) is 3.57. The van der Waals surface area contributed by atoms with Gasteiger partial charge in [0.05, 0.1) is 12.6 Å². The average Bonchev–Trinajstić information content (AvgIpc) is 2.70. The van der Waals surface area contributed by atoms with Crippen LogP contribution in [-0.2, 0) is 16.6 Å². The summed E-state index contributed by atoms with van der Waals surface area (Å²) in [6, 6.07) is -0.601. The average molecular weight is 307 g/mol. The van der Waals surface area contributed by atoms with Crippen LogP contribution in [0.1, 0.15) is 13.8 Å². The zero-order valence-corrected chi connectivity index (χ0v) is 12.8. The molecule has 0 bridgehead atoms. The number of amides is 2. The summed E-state index contributed by atoms with van der Waals surface area (Å²) < 4.78 is 1.74. The molecule has 1 rings (SSSR count). The summed E-state index contributed by atoms with van der Waals surface area (Å²) in [5.41, 5.74) is 5.65. The zero-order chi connectivity index (χ0) is 13.7. The van der Waals surface area contributed by atoms with Gasteiger partial charge in [-0.25, -0.2) is 0 Å². The van der Waals surface area contributed by atoms with E-state index in [1.54, 1.807) is 11.6 Å². The molecule has 0 aliphatic rings. The molecule has 1 aromatic rings. The molecule has 0 spiro atoms. The number of carbonyl (C=O) groups is 2. The number of nitrogens with one attached hydrogen (secondary N) is 1. The Balaban J connectivity index is 0.00000324. The van der Waals surface area contributed by atoms with Crippen LogP contribution in [0.5, 0.6) is 0 Å². The van der Waals surface area contributed by atoms with Crippen LogP contribution in [0.2, 0.25) is 0 Å². The van der Waals surface area contributed by atoms with Crippen molar-refractivity contribution in [2.45, 2.75) is 19.9 Å². The second-order valence-corrected chi connectivity index (χ2v) is 5.16. The summed E-state index contributed by atoms with van der Waals surface area (Å²) in [4.78, 5) is 27.5. The fraction of sp³-hybridized carbons (Fsp3) is 0.545. The molecular formula is C11H19ClN4O2S. The van der Waals surface area contributed by atoms with Crippen LogP contribution >= 0.6 is 23.7 Å². The largest absolute Gasteiger partial charge is 0.346 e. The standard InChI is InChI=1S/C11H18N4O2S.ClH/c1-7(2)9(12)10(17)13-6-8(16)14-11-15(3)4-5-18-11;/h4-5,7,9H,6,12H2,1-3H3,(H,13,17);1H/t9-;/m0./s1. The van der Waals surface area contributed by atoms with Crippen molar-refractivity contribution in [2.75, 3.05) is 6.54 Å². The van der Waals surface area contributed by atoms with Gasteiger partial charge in [0.15, 0.2) is 4.80 Å². The van der Waals surface area contributed by atoms with E-state index in [1.165, 1.54) is 11.3 Å². The molecule has 0 unspecified atom stereocenters. The third-order valence-corrected chi connectivity index (χ3v) is 3.26. The van der Waals surface area contributed by atoms with E-state index < -0.39 is 11.9 Å². The fourth-order valence-corrected chi connectivity index (χ4v) is 1.91. The summed E-state index contributed by atoms with van der Waals surface area (Å²) >= 11 is 1.36. The van der Waals surface area contributed by atoms with E-state index in [9.17, 15) is 9.59 Å². The molecule has 0 aliphatic heterocycles. The van der Waals surface area contributed by atoms with Gasteiger partial charge in [-0.05, 0) is 5.92 Å². The van der Waals surface area contributed by atoms with Gasteiger partial charge in [-0.2, -0.15) is 4.99 Å². The molecule has 8 heteroatoms. The van der Waals surface area contributed by atoms with Gasteiger partial charge in [0, 0.05) is 18.6 Å². The fourth-order valence-electron chi connectivity index (χ4n) is 1.16. The first-order valence-corrected chi connectivity index (χ1v) is 6.50. The lowest BCUT2D eigenvalue weighted by Crippen LogP contribution is -2.45. The molecule has 1 heterocycles. The second-order valence-electron chi connectivity index (χ2n) is 4.29. The third-order valence-electron chi connectivity index (χ3n) is 2.41. The summed E-state index contributed by atoms with van der Waals surface area (Å²) in [5.74, 6) is -0.686. The molecule has 6 nitrogen and oxygen atoms in total. The molecule has 0 fully saturated rings. The quantitative estimate of drug-likeness (QED) is 0.823. The number of halogens is 1. The molecule has 0 aliphatic carbocycles. The highest BCUT2D eigenvalue weighted by atomic mass is 35.5. The monoisotopic (exact) mass is 306 g/mol. The molecule has 1 aromatic heterocycles. The minimum atomic E-state index is -0.601. The number of aromatic nitrogens is 1. The highest BCUT2D eigenvalue weighted by molar-refractivity contribution is 7.07. The van der Waals surface area contributed by atoms with Crippen molar-refractivity contribution in [3.8, 4) is 0 Å². The van der Waals surface area contributed by atoms with E-state index in [0.29, 0.717) is 4.80 Å². The predicted molar refractivity (Wildman–Crippen MR) is 76.9 cm³/mol. The topological polar surface area (TPSA) is 89.5 Å². The van der Waals surface area contributed by atoms with E-state index in [0.717, 1.165) is 0 Å². The highest BCUT2D eigenvalue weighted by Crippen LogP contribution is 1.97. The molecule has 0 radical (unpaired) electrons. The molecule has 2 amide bonds. The van der Waals surface area contributed by atoms with Gasteiger partial charge in [-0.15, -0.1) is 23.7 Å². The van der Waals surface area contributed by atoms with Crippen LogP contribution in [0.3, 0.4) is 0 Å². The molecule has 0 saturated carbocycles. The number of rotatable bonds is 4. The van der Waals surface area contributed by atoms with Crippen LogP contribution < -0.4 is 15.9 Å². The molecule has 1 atom stereocenters. The maximum atomic E-state index is 11.5. The molecule has 19 heavy (non-hydrogen) atoms. The third kappa shape index (κ3) is 5.54. The number of carbonyl (C=O) groups excluding carboxylic acids is 2. The Morgan fingerprint density at radius 2 is 2.16 bits per heavy atom. The molecule has 3 N–H and O–H groups in total. The van der Waals surface area contributed by atoms with Gasteiger partial charge in [0.2, 0.25) is 5.91 Å². The van der Waals surface area contributed by atoms with Crippen molar-refractivity contribution >= 4 is 35.6 Å². The lowest BCUT2D eigenvalue weighted by atomic mass is 10.1. The van der Waals surface area contributed by atoms with E-state index >= 15 is 0 Å². The lowest BCUT2D eigenvalue weighted by molar-refractivity contribution is -0.126. The first kappa shape index (κ1) is 17.8. The molecule has 108 valence electrons. The first-order valence-electron chi connectivity index (χ1n) is 5.62. The maximum absolute atomic E-state index is 11.5.